The Morgan fingerprint density at radius 3 is 3.08 bits per heavy atom. The van der Waals surface area contributed by atoms with Crippen molar-refractivity contribution in [3.05, 3.63) is 22.4 Å². The first-order valence-electron chi connectivity index (χ1n) is 3.72. The molecule has 1 N–H and O–H groups in total. The topological polar surface area (TPSA) is 29.1 Å². The first-order valence-corrected chi connectivity index (χ1v) is 6.13. The van der Waals surface area contributed by atoms with Crippen molar-refractivity contribution >= 4 is 39.8 Å². The standard InChI is InChI=1S/C8H10INOS/c9-4-2-5-10-8(11)7-3-1-6-12-7/h1,3,6H,2,4-5H2,(H,10,11). The average Bonchev–Trinajstić information content (AvgIpc) is 2.56. The van der Waals surface area contributed by atoms with Crippen LogP contribution in [-0.2, 0) is 0 Å². The molecule has 1 aromatic rings. The van der Waals surface area contributed by atoms with Gasteiger partial charge in [-0.1, -0.05) is 28.7 Å². The summed E-state index contributed by atoms with van der Waals surface area (Å²) in [4.78, 5) is 12.1. The fourth-order valence-corrected chi connectivity index (χ4v) is 1.79. The minimum absolute atomic E-state index is 0.0508. The molecule has 4 heteroatoms. The first kappa shape index (κ1) is 9.98. The third kappa shape index (κ3) is 3.10. The summed E-state index contributed by atoms with van der Waals surface area (Å²) in [5, 5.41) is 4.76. The highest BCUT2D eigenvalue weighted by Crippen LogP contribution is 2.07. The van der Waals surface area contributed by atoms with E-state index >= 15 is 0 Å². The van der Waals surface area contributed by atoms with E-state index in [9.17, 15) is 4.79 Å². The molecule has 0 atom stereocenters. The smallest absolute Gasteiger partial charge is 0.261 e. The van der Waals surface area contributed by atoms with Gasteiger partial charge in [-0.2, -0.15) is 0 Å². The zero-order chi connectivity index (χ0) is 8.81. The van der Waals surface area contributed by atoms with Crippen LogP contribution in [0.3, 0.4) is 0 Å². The molecule has 1 rings (SSSR count). The van der Waals surface area contributed by atoms with E-state index in [1.54, 1.807) is 0 Å². The van der Waals surface area contributed by atoms with Crippen LogP contribution in [-0.4, -0.2) is 16.9 Å². The maximum Gasteiger partial charge on any atom is 0.261 e. The van der Waals surface area contributed by atoms with Crippen molar-refractivity contribution in [1.29, 1.82) is 0 Å². The third-order valence-electron chi connectivity index (χ3n) is 1.34. The number of carbonyl (C=O) groups excluding carboxylic acids is 1. The second-order valence-corrected chi connectivity index (χ2v) is 4.30. The number of rotatable bonds is 4. The van der Waals surface area contributed by atoms with E-state index in [2.05, 4.69) is 27.9 Å². The zero-order valence-corrected chi connectivity index (χ0v) is 9.52. The van der Waals surface area contributed by atoms with Crippen LogP contribution in [0.25, 0.3) is 0 Å². The van der Waals surface area contributed by atoms with Crippen molar-refractivity contribution in [2.24, 2.45) is 0 Å². The molecule has 0 aliphatic carbocycles. The van der Waals surface area contributed by atoms with Gasteiger partial charge in [-0.25, -0.2) is 0 Å². The number of halogens is 1. The summed E-state index contributed by atoms with van der Waals surface area (Å²) < 4.78 is 1.09. The molecule has 0 aliphatic heterocycles. The van der Waals surface area contributed by atoms with Crippen molar-refractivity contribution in [2.75, 3.05) is 11.0 Å². The molecular weight excluding hydrogens is 285 g/mol. The maximum absolute atomic E-state index is 11.3. The summed E-state index contributed by atoms with van der Waals surface area (Å²) in [6.07, 6.45) is 1.04. The van der Waals surface area contributed by atoms with E-state index < -0.39 is 0 Å². The van der Waals surface area contributed by atoms with Crippen LogP contribution in [0.1, 0.15) is 16.1 Å². The predicted molar refractivity (Wildman–Crippen MR) is 60.2 cm³/mol. The lowest BCUT2D eigenvalue weighted by Crippen LogP contribution is -2.23. The van der Waals surface area contributed by atoms with Crippen LogP contribution in [0, 0.1) is 0 Å². The molecule has 0 aromatic carbocycles. The van der Waals surface area contributed by atoms with Gasteiger partial charge in [0.15, 0.2) is 0 Å². The number of hydrogen-bond acceptors (Lipinski definition) is 2. The minimum Gasteiger partial charge on any atom is -0.351 e. The van der Waals surface area contributed by atoms with Gasteiger partial charge in [0, 0.05) is 11.0 Å². The first-order chi connectivity index (χ1) is 5.84. The van der Waals surface area contributed by atoms with Crippen LogP contribution in [0.5, 0.6) is 0 Å². The molecular formula is C8H10INOS. The molecule has 1 amide bonds. The van der Waals surface area contributed by atoms with E-state index in [0.717, 1.165) is 22.3 Å². The van der Waals surface area contributed by atoms with Crippen LogP contribution < -0.4 is 5.32 Å². The molecule has 0 radical (unpaired) electrons. The van der Waals surface area contributed by atoms with Gasteiger partial charge in [0.1, 0.15) is 0 Å². The Bertz CT molecular complexity index is 235. The quantitative estimate of drug-likeness (QED) is 0.515. The fraction of sp³-hybridized carbons (Fsp3) is 0.375. The van der Waals surface area contributed by atoms with Gasteiger partial charge in [0.05, 0.1) is 4.88 Å². The van der Waals surface area contributed by atoms with E-state index in [4.69, 9.17) is 0 Å². The van der Waals surface area contributed by atoms with Crippen LogP contribution in [0.4, 0.5) is 0 Å². The summed E-state index contributed by atoms with van der Waals surface area (Å²) in [5.41, 5.74) is 0. The Labute approximate surface area is 89.5 Å². The summed E-state index contributed by atoms with van der Waals surface area (Å²) in [6.45, 7) is 0.777. The van der Waals surface area contributed by atoms with E-state index in [1.807, 2.05) is 17.5 Å². The lowest BCUT2D eigenvalue weighted by Gasteiger charge is -2.00. The highest BCUT2D eigenvalue weighted by Gasteiger charge is 2.03. The Balaban J connectivity index is 2.30. The van der Waals surface area contributed by atoms with Crippen molar-refractivity contribution < 1.29 is 4.79 Å². The van der Waals surface area contributed by atoms with Gasteiger partial charge in [0.25, 0.3) is 5.91 Å². The average molecular weight is 295 g/mol. The number of thiophene rings is 1. The van der Waals surface area contributed by atoms with Gasteiger partial charge in [-0.15, -0.1) is 11.3 Å². The summed E-state index contributed by atoms with van der Waals surface area (Å²) in [5.74, 6) is 0.0508. The minimum atomic E-state index is 0.0508. The Hall–Kier alpha value is -0.100. The molecule has 12 heavy (non-hydrogen) atoms. The van der Waals surface area contributed by atoms with E-state index in [0.29, 0.717) is 0 Å². The van der Waals surface area contributed by atoms with Crippen molar-refractivity contribution in [2.45, 2.75) is 6.42 Å². The largest absolute Gasteiger partial charge is 0.351 e. The molecule has 0 saturated carbocycles. The maximum atomic E-state index is 11.3. The fourth-order valence-electron chi connectivity index (χ4n) is 0.764. The second kappa shape index (κ2) is 5.53. The van der Waals surface area contributed by atoms with Crippen LogP contribution in [0.15, 0.2) is 17.5 Å². The molecule has 0 aliphatic rings. The van der Waals surface area contributed by atoms with Gasteiger partial charge in [-0.3, -0.25) is 4.79 Å². The zero-order valence-electron chi connectivity index (χ0n) is 6.55. The Kier molecular flexibility index (Phi) is 4.60. The van der Waals surface area contributed by atoms with Gasteiger partial charge < -0.3 is 5.32 Å². The summed E-state index contributed by atoms with van der Waals surface area (Å²) in [6, 6.07) is 3.72. The van der Waals surface area contributed by atoms with E-state index in [-0.39, 0.29) is 5.91 Å². The SMILES string of the molecule is O=C(NCCCI)c1cccs1. The molecule has 0 spiro atoms. The molecule has 2 nitrogen and oxygen atoms in total. The van der Waals surface area contributed by atoms with Crippen LogP contribution in [0.2, 0.25) is 0 Å². The highest BCUT2D eigenvalue weighted by atomic mass is 127. The summed E-state index contributed by atoms with van der Waals surface area (Å²) >= 11 is 3.77. The molecule has 0 bridgehead atoms. The predicted octanol–water partition coefficient (Wildman–Crippen LogP) is 2.30. The molecule has 1 aromatic heterocycles. The summed E-state index contributed by atoms with van der Waals surface area (Å²) in [7, 11) is 0. The number of alkyl halides is 1. The van der Waals surface area contributed by atoms with Gasteiger partial charge in [0.2, 0.25) is 0 Å². The van der Waals surface area contributed by atoms with Crippen LogP contribution >= 0.6 is 33.9 Å². The monoisotopic (exact) mass is 295 g/mol. The number of nitrogens with one attached hydrogen (secondary N) is 1. The third-order valence-corrected chi connectivity index (χ3v) is 2.97. The molecule has 0 unspecified atom stereocenters. The van der Waals surface area contributed by atoms with Gasteiger partial charge >= 0.3 is 0 Å². The number of hydrogen-bond donors (Lipinski definition) is 1. The molecule has 66 valence electrons. The van der Waals surface area contributed by atoms with Crippen molar-refractivity contribution in [3.8, 4) is 0 Å². The molecule has 0 fully saturated rings. The van der Waals surface area contributed by atoms with Crippen molar-refractivity contribution in [1.82, 2.24) is 5.32 Å². The van der Waals surface area contributed by atoms with Crippen molar-refractivity contribution in [3.63, 3.8) is 0 Å². The molecule has 0 saturated heterocycles. The second-order valence-electron chi connectivity index (χ2n) is 2.28. The Morgan fingerprint density at radius 2 is 2.50 bits per heavy atom. The highest BCUT2D eigenvalue weighted by molar-refractivity contribution is 14.1. The van der Waals surface area contributed by atoms with Gasteiger partial charge in [-0.05, 0) is 17.9 Å². The number of amides is 1. The molecule has 1 heterocycles. The normalized spacial score (nSPS) is 9.75. The number of carbonyl (C=O) groups is 1. The Morgan fingerprint density at radius 1 is 1.67 bits per heavy atom. The lowest BCUT2D eigenvalue weighted by atomic mass is 10.4. The lowest BCUT2D eigenvalue weighted by molar-refractivity contribution is 0.0958. The van der Waals surface area contributed by atoms with E-state index in [1.165, 1.54) is 11.3 Å².